The molecule has 1 atom stereocenters. The molecule has 1 unspecified atom stereocenters. The first-order chi connectivity index (χ1) is 9.58. The Kier molecular flexibility index (Phi) is 5.14. The van der Waals surface area contributed by atoms with E-state index >= 15 is 0 Å². The molecule has 2 heterocycles. The summed E-state index contributed by atoms with van der Waals surface area (Å²) in [6.07, 6.45) is 6.14. The molecule has 112 valence electrons. The fourth-order valence-electron chi connectivity index (χ4n) is 2.65. The summed E-state index contributed by atoms with van der Waals surface area (Å²) in [6.45, 7) is 4.64. The van der Waals surface area contributed by atoms with Gasteiger partial charge in [0, 0.05) is 51.0 Å². The van der Waals surface area contributed by atoms with E-state index in [1.807, 2.05) is 17.9 Å². The van der Waals surface area contributed by atoms with E-state index in [9.17, 15) is 4.79 Å². The molecule has 6 nitrogen and oxygen atoms in total. The predicted octanol–water partition coefficient (Wildman–Crippen LogP) is 0.281. The zero-order valence-corrected chi connectivity index (χ0v) is 12.6. The van der Waals surface area contributed by atoms with E-state index in [1.165, 1.54) is 5.56 Å². The van der Waals surface area contributed by atoms with Gasteiger partial charge in [-0.05, 0) is 19.8 Å². The van der Waals surface area contributed by atoms with Crippen molar-refractivity contribution in [3.05, 3.63) is 18.0 Å². The van der Waals surface area contributed by atoms with E-state index < -0.39 is 0 Å². The van der Waals surface area contributed by atoms with Gasteiger partial charge in [-0.15, -0.1) is 0 Å². The molecule has 0 spiro atoms. The number of rotatable bonds is 5. The van der Waals surface area contributed by atoms with Gasteiger partial charge in [0.05, 0.1) is 12.7 Å². The highest BCUT2D eigenvalue weighted by molar-refractivity contribution is 5.77. The van der Waals surface area contributed by atoms with Crippen molar-refractivity contribution >= 4 is 5.91 Å². The largest absolute Gasteiger partial charge is 0.358 e. The fourth-order valence-corrected chi connectivity index (χ4v) is 2.65. The van der Waals surface area contributed by atoms with Gasteiger partial charge in [-0.1, -0.05) is 0 Å². The number of aromatic nitrogens is 2. The van der Waals surface area contributed by atoms with Crippen molar-refractivity contribution in [2.24, 2.45) is 7.05 Å². The topological polar surface area (TPSA) is 62.2 Å². The van der Waals surface area contributed by atoms with E-state index in [1.54, 1.807) is 7.05 Å². The molecule has 1 saturated heterocycles. The summed E-state index contributed by atoms with van der Waals surface area (Å²) < 4.78 is 1.83. The number of carbonyl (C=O) groups is 1. The summed E-state index contributed by atoms with van der Waals surface area (Å²) in [7, 11) is 3.62. The Morgan fingerprint density at radius 3 is 2.75 bits per heavy atom. The van der Waals surface area contributed by atoms with Crippen molar-refractivity contribution in [3.8, 4) is 0 Å². The highest BCUT2D eigenvalue weighted by Gasteiger charge is 2.22. The summed E-state index contributed by atoms with van der Waals surface area (Å²) in [5, 5.41) is 10.5. The van der Waals surface area contributed by atoms with Crippen molar-refractivity contribution in [2.75, 3.05) is 26.7 Å². The number of hydrogen-bond acceptors (Lipinski definition) is 4. The first-order valence-corrected chi connectivity index (χ1v) is 7.26. The van der Waals surface area contributed by atoms with Gasteiger partial charge in [0.15, 0.2) is 0 Å². The highest BCUT2D eigenvalue weighted by atomic mass is 16.1. The Morgan fingerprint density at radius 2 is 2.20 bits per heavy atom. The average molecular weight is 279 g/mol. The molecule has 1 fully saturated rings. The number of amides is 1. The van der Waals surface area contributed by atoms with E-state index in [0.29, 0.717) is 18.6 Å². The standard InChI is InChI=1S/C14H25N5O/c1-11(12-8-16-18(3)9-12)17-13-4-6-19(7-5-13)10-14(20)15-2/h8-9,11,13,17H,4-7,10H2,1-3H3,(H,15,20). The molecule has 0 aliphatic carbocycles. The number of nitrogens with zero attached hydrogens (tertiary/aromatic N) is 3. The molecule has 0 radical (unpaired) electrons. The first kappa shape index (κ1) is 15.0. The normalized spacial score (nSPS) is 18.9. The first-order valence-electron chi connectivity index (χ1n) is 7.26. The van der Waals surface area contributed by atoms with E-state index in [0.717, 1.165) is 25.9 Å². The molecule has 0 aromatic carbocycles. The van der Waals surface area contributed by atoms with Crippen LogP contribution in [-0.4, -0.2) is 53.3 Å². The van der Waals surface area contributed by atoms with Crippen LogP contribution >= 0.6 is 0 Å². The van der Waals surface area contributed by atoms with Crippen molar-refractivity contribution in [3.63, 3.8) is 0 Å². The van der Waals surface area contributed by atoms with Crippen LogP contribution in [0.5, 0.6) is 0 Å². The summed E-state index contributed by atoms with van der Waals surface area (Å²) in [6, 6.07) is 0.838. The fraction of sp³-hybridized carbons (Fsp3) is 0.714. The highest BCUT2D eigenvalue weighted by Crippen LogP contribution is 2.16. The third-order valence-corrected chi connectivity index (χ3v) is 3.94. The minimum atomic E-state index is 0.0973. The van der Waals surface area contributed by atoms with Gasteiger partial charge in [-0.25, -0.2) is 0 Å². The minimum Gasteiger partial charge on any atom is -0.358 e. The molecule has 1 amide bonds. The van der Waals surface area contributed by atoms with Crippen molar-refractivity contribution in [1.29, 1.82) is 0 Å². The zero-order chi connectivity index (χ0) is 14.5. The summed E-state index contributed by atoms with van der Waals surface area (Å²) >= 11 is 0. The van der Waals surface area contributed by atoms with Crippen molar-refractivity contribution in [1.82, 2.24) is 25.3 Å². The second-order valence-corrected chi connectivity index (χ2v) is 5.56. The van der Waals surface area contributed by atoms with Crippen LogP contribution in [0.4, 0.5) is 0 Å². The summed E-state index contributed by atoms with van der Waals surface area (Å²) in [5.74, 6) is 0.0973. The maximum absolute atomic E-state index is 11.3. The van der Waals surface area contributed by atoms with Gasteiger partial charge < -0.3 is 10.6 Å². The monoisotopic (exact) mass is 279 g/mol. The lowest BCUT2D eigenvalue weighted by Gasteiger charge is -2.33. The molecule has 1 aromatic heterocycles. The van der Waals surface area contributed by atoms with Gasteiger partial charge in [-0.2, -0.15) is 5.10 Å². The summed E-state index contributed by atoms with van der Waals surface area (Å²) in [4.78, 5) is 13.6. The van der Waals surface area contributed by atoms with E-state index in [2.05, 4.69) is 33.8 Å². The van der Waals surface area contributed by atoms with Crippen LogP contribution in [0.15, 0.2) is 12.4 Å². The van der Waals surface area contributed by atoms with Gasteiger partial charge in [0.25, 0.3) is 0 Å². The number of nitrogens with one attached hydrogen (secondary N) is 2. The molecule has 1 aliphatic heterocycles. The molecule has 0 saturated carbocycles. The van der Waals surface area contributed by atoms with Crippen molar-refractivity contribution < 1.29 is 4.79 Å². The van der Waals surface area contributed by atoms with E-state index in [-0.39, 0.29) is 5.91 Å². The number of piperidine rings is 1. The van der Waals surface area contributed by atoms with Crippen LogP contribution in [0.3, 0.4) is 0 Å². The lowest BCUT2D eigenvalue weighted by molar-refractivity contribution is -0.122. The molecule has 2 rings (SSSR count). The SMILES string of the molecule is CNC(=O)CN1CCC(NC(C)c2cnn(C)c2)CC1. The van der Waals surface area contributed by atoms with Crippen LogP contribution in [0.25, 0.3) is 0 Å². The Morgan fingerprint density at radius 1 is 1.50 bits per heavy atom. The molecule has 2 N–H and O–H groups in total. The molecule has 0 bridgehead atoms. The Labute approximate surface area is 120 Å². The molecular weight excluding hydrogens is 254 g/mol. The summed E-state index contributed by atoms with van der Waals surface area (Å²) in [5.41, 5.74) is 1.22. The third-order valence-electron chi connectivity index (χ3n) is 3.94. The third kappa shape index (κ3) is 4.05. The second kappa shape index (κ2) is 6.85. The van der Waals surface area contributed by atoms with Crippen molar-refractivity contribution in [2.45, 2.75) is 31.8 Å². The molecule has 1 aliphatic rings. The lowest BCUT2D eigenvalue weighted by atomic mass is 10.0. The quantitative estimate of drug-likeness (QED) is 0.813. The number of aryl methyl sites for hydroxylation is 1. The van der Waals surface area contributed by atoms with Crippen LogP contribution < -0.4 is 10.6 Å². The molecule has 20 heavy (non-hydrogen) atoms. The Hall–Kier alpha value is -1.40. The Bertz CT molecular complexity index is 437. The second-order valence-electron chi connectivity index (χ2n) is 5.56. The van der Waals surface area contributed by atoms with Gasteiger partial charge >= 0.3 is 0 Å². The van der Waals surface area contributed by atoms with Crippen LogP contribution in [0.2, 0.25) is 0 Å². The van der Waals surface area contributed by atoms with Crippen LogP contribution in [-0.2, 0) is 11.8 Å². The Balaban J connectivity index is 1.75. The van der Waals surface area contributed by atoms with Gasteiger partial charge in [0.1, 0.15) is 0 Å². The maximum atomic E-state index is 11.3. The predicted molar refractivity (Wildman–Crippen MR) is 78.3 cm³/mol. The molecule has 6 heteroatoms. The van der Waals surface area contributed by atoms with Crippen LogP contribution in [0.1, 0.15) is 31.4 Å². The minimum absolute atomic E-state index is 0.0973. The lowest BCUT2D eigenvalue weighted by Crippen LogP contribution is -2.46. The number of likely N-dealkylation sites (tertiary alicyclic amines) is 1. The molecular formula is C14H25N5O. The number of carbonyl (C=O) groups excluding carboxylic acids is 1. The average Bonchev–Trinajstić information content (AvgIpc) is 2.87. The van der Waals surface area contributed by atoms with Gasteiger partial charge in [0.2, 0.25) is 5.91 Å². The van der Waals surface area contributed by atoms with Crippen LogP contribution in [0, 0.1) is 0 Å². The van der Waals surface area contributed by atoms with Gasteiger partial charge in [-0.3, -0.25) is 14.4 Å². The maximum Gasteiger partial charge on any atom is 0.233 e. The zero-order valence-electron chi connectivity index (χ0n) is 12.6. The molecule has 1 aromatic rings. The number of hydrogen-bond donors (Lipinski definition) is 2. The number of likely N-dealkylation sites (N-methyl/N-ethyl adjacent to an activating group) is 1. The van der Waals surface area contributed by atoms with E-state index in [4.69, 9.17) is 0 Å². The smallest absolute Gasteiger partial charge is 0.233 e.